The second kappa shape index (κ2) is 6.55. The molecule has 0 aliphatic heterocycles. The van der Waals surface area contributed by atoms with Crippen LogP contribution in [0, 0.1) is 5.41 Å². The van der Waals surface area contributed by atoms with Crippen molar-refractivity contribution >= 4 is 14.3 Å². The maximum absolute atomic E-state index is 12.4. The van der Waals surface area contributed by atoms with Gasteiger partial charge < -0.3 is 9.16 Å². The molecule has 4 heteroatoms. The van der Waals surface area contributed by atoms with E-state index in [1.165, 1.54) is 38.5 Å². The van der Waals surface area contributed by atoms with Gasteiger partial charge in [-0.2, -0.15) is 0 Å². The molecule has 0 aromatic heterocycles. The molecule has 1 spiro atoms. The summed E-state index contributed by atoms with van der Waals surface area (Å²) in [6.07, 6.45) is 9.44. The third-order valence-corrected chi connectivity index (χ3v) is 5.49. The Morgan fingerprint density at radius 1 is 1.14 bits per heavy atom. The van der Waals surface area contributed by atoms with Crippen LogP contribution in [0.15, 0.2) is 11.3 Å². The molecule has 3 nitrogen and oxygen atoms in total. The highest BCUT2D eigenvalue weighted by molar-refractivity contribution is 6.70. The van der Waals surface area contributed by atoms with Crippen molar-refractivity contribution in [2.45, 2.75) is 77.9 Å². The summed E-state index contributed by atoms with van der Waals surface area (Å²) in [7, 11) is -1.68. The summed E-state index contributed by atoms with van der Waals surface area (Å²) in [6, 6.07) is 0. The standard InChI is InChI=1S/C17H30O3Si/c1-5-19-16(18)14-13-17(10-7-6-8-11-17)12-9-15(14)20-21(2,3)4/h5-13H2,1-4H3. The van der Waals surface area contributed by atoms with Gasteiger partial charge >= 0.3 is 5.97 Å². The van der Waals surface area contributed by atoms with Crippen LogP contribution in [0.3, 0.4) is 0 Å². The number of ether oxygens (including phenoxy) is 1. The summed E-state index contributed by atoms with van der Waals surface area (Å²) >= 11 is 0. The summed E-state index contributed by atoms with van der Waals surface area (Å²) in [6.45, 7) is 8.83. The molecule has 0 atom stereocenters. The molecule has 0 unspecified atom stereocenters. The predicted molar refractivity (Wildman–Crippen MR) is 87.5 cm³/mol. The molecule has 0 N–H and O–H groups in total. The normalized spacial score (nSPS) is 22.3. The van der Waals surface area contributed by atoms with Crippen molar-refractivity contribution in [2.24, 2.45) is 5.41 Å². The Hall–Kier alpha value is -0.773. The highest BCUT2D eigenvalue weighted by Gasteiger charge is 2.40. The Morgan fingerprint density at radius 2 is 1.81 bits per heavy atom. The van der Waals surface area contributed by atoms with E-state index >= 15 is 0 Å². The SMILES string of the molecule is CCOC(=O)C1=C(O[Si](C)(C)C)CCC2(CCCCC2)C1. The first-order valence-electron chi connectivity index (χ1n) is 8.43. The molecule has 0 heterocycles. The van der Waals surface area contributed by atoms with Gasteiger partial charge in [0, 0.05) is 6.42 Å². The van der Waals surface area contributed by atoms with Crippen molar-refractivity contribution in [3.8, 4) is 0 Å². The molecule has 1 fully saturated rings. The molecule has 120 valence electrons. The molecule has 2 aliphatic carbocycles. The molecule has 21 heavy (non-hydrogen) atoms. The van der Waals surface area contributed by atoms with Gasteiger partial charge in [-0.25, -0.2) is 4.79 Å². The number of hydrogen-bond acceptors (Lipinski definition) is 3. The minimum atomic E-state index is -1.68. The number of allylic oxidation sites excluding steroid dienone is 1. The molecule has 0 radical (unpaired) electrons. The van der Waals surface area contributed by atoms with E-state index < -0.39 is 8.32 Å². The molecule has 0 amide bonds. The second-order valence-electron chi connectivity index (χ2n) is 7.57. The molecule has 0 bridgehead atoms. The fraction of sp³-hybridized carbons (Fsp3) is 0.824. The summed E-state index contributed by atoms with van der Waals surface area (Å²) in [5.41, 5.74) is 1.18. The Balaban J connectivity index is 2.23. The fourth-order valence-electron chi connectivity index (χ4n) is 3.71. The van der Waals surface area contributed by atoms with E-state index in [0.29, 0.717) is 12.0 Å². The van der Waals surface area contributed by atoms with Gasteiger partial charge in [0.05, 0.1) is 17.9 Å². The van der Waals surface area contributed by atoms with E-state index in [1.807, 2.05) is 6.92 Å². The molecule has 0 aromatic rings. The second-order valence-corrected chi connectivity index (χ2v) is 12.0. The number of esters is 1. The van der Waals surface area contributed by atoms with Crippen LogP contribution >= 0.6 is 0 Å². The average molecular weight is 311 g/mol. The summed E-state index contributed by atoms with van der Waals surface area (Å²) < 4.78 is 11.5. The topological polar surface area (TPSA) is 35.5 Å². The van der Waals surface area contributed by atoms with Gasteiger partial charge in [-0.05, 0) is 57.7 Å². The van der Waals surface area contributed by atoms with E-state index in [4.69, 9.17) is 9.16 Å². The number of rotatable bonds is 4. The van der Waals surface area contributed by atoms with E-state index in [1.54, 1.807) is 0 Å². The van der Waals surface area contributed by atoms with Crippen molar-refractivity contribution in [3.05, 3.63) is 11.3 Å². The van der Waals surface area contributed by atoms with Crippen LogP contribution in [0.5, 0.6) is 0 Å². The lowest BCUT2D eigenvalue weighted by Crippen LogP contribution is -2.34. The Morgan fingerprint density at radius 3 is 2.38 bits per heavy atom. The van der Waals surface area contributed by atoms with Crippen LogP contribution < -0.4 is 0 Å². The van der Waals surface area contributed by atoms with Gasteiger partial charge in [-0.3, -0.25) is 0 Å². The zero-order valence-corrected chi connectivity index (χ0v) is 15.1. The molecule has 1 saturated carbocycles. The van der Waals surface area contributed by atoms with E-state index in [-0.39, 0.29) is 5.97 Å². The maximum Gasteiger partial charge on any atom is 0.337 e. The quantitative estimate of drug-likeness (QED) is 0.553. The van der Waals surface area contributed by atoms with Crippen LogP contribution in [0.25, 0.3) is 0 Å². The first kappa shape index (κ1) is 16.6. The Labute approximate surface area is 130 Å². The van der Waals surface area contributed by atoms with Gasteiger partial charge in [0.15, 0.2) is 0 Å². The summed E-state index contributed by atoms with van der Waals surface area (Å²) in [5.74, 6) is 0.791. The van der Waals surface area contributed by atoms with Gasteiger partial charge in [0.1, 0.15) is 0 Å². The van der Waals surface area contributed by atoms with E-state index in [9.17, 15) is 4.79 Å². The van der Waals surface area contributed by atoms with Crippen LogP contribution in [-0.4, -0.2) is 20.9 Å². The van der Waals surface area contributed by atoms with Crippen molar-refractivity contribution in [1.82, 2.24) is 0 Å². The van der Waals surface area contributed by atoms with Crippen molar-refractivity contribution in [2.75, 3.05) is 6.61 Å². The molecular weight excluding hydrogens is 280 g/mol. The minimum absolute atomic E-state index is 0.143. The molecule has 2 aliphatic rings. The lowest BCUT2D eigenvalue weighted by molar-refractivity contribution is -0.139. The third-order valence-electron chi connectivity index (χ3n) is 4.64. The van der Waals surface area contributed by atoms with Gasteiger partial charge in [0.2, 0.25) is 8.32 Å². The lowest BCUT2D eigenvalue weighted by atomic mass is 9.65. The Bertz CT molecular complexity index is 414. The number of carbonyl (C=O) groups excluding carboxylic acids is 1. The van der Waals surface area contributed by atoms with Gasteiger partial charge in [-0.1, -0.05) is 19.3 Å². The average Bonchev–Trinajstić information content (AvgIpc) is 2.41. The molecular formula is C17H30O3Si. The van der Waals surface area contributed by atoms with Crippen molar-refractivity contribution in [3.63, 3.8) is 0 Å². The summed E-state index contributed by atoms with van der Waals surface area (Å²) in [5, 5.41) is 0. The Kier molecular flexibility index (Phi) is 5.18. The lowest BCUT2D eigenvalue weighted by Gasteiger charge is -2.42. The van der Waals surface area contributed by atoms with Gasteiger partial charge in [-0.15, -0.1) is 0 Å². The largest absolute Gasteiger partial charge is 0.547 e. The number of hydrogen-bond donors (Lipinski definition) is 0. The monoisotopic (exact) mass is 310 g/mol. The van der Waals surface area contributed by atoms with Crippen LogP contribution in [0.1, 0.15) is 58.3 Å². The minimum Gasteiger partial charge on any atom is -0.547 e. The first-order valence-corrected chi connectivity index (χ1v) is 11.8. The van der Waals surface area contributed by atoms with E-state index in [2.05, 4.69) is 19.6 Å². The smallest absolute Gasteiger partial charge is 0.337 e. The van der Waals surface area contributed by atoms with Crippen LogP contribution in [-0.2, 0) is 14.0 Å². The third kappa shape index (κ3) is 4.35. The first-order chi connectivity index (χ1) is 9.85. The highest BCUT2D eigenvalue weighted by Crippen LogP contribution is 2.49. The zero-order chi connectivity index (χ0) is 15.5. The molecule has 0 aromatic carbocycles. The molecule has 2 rings (SSSR count). The van der Waals surface area contributed by atoms with Crippen molar-refractivity contribution in [1.29, 1.82) is 0 Å². The maximum atomic E-state index is 12.4. The summed E-state index contributed by atoms with van der Waals surface area (Å²) in [4.78, 5) is 12.4. The van der Waals surface area contributed by atoms with Crippen LogP contribution in [0.4, 0.5) is 0 Å². The van der Waals surface area contributed by atoms with E-state index in [0.717, 1.165) is 24.2 Å². The zero-order valence-electron chi connectivity index (χ0n) is 14.1. The van der Waals surface area contributed by atoms with Crippen molar-refractivity contribution < 1.29 is 14.0 Å². The molecule has 0 saturated heterocycles. The number of carbonyl (C=O) groups is 1. The highest BCUT2D eigenvalue weighted by atomic mass is 28.4. The van der Waals surface area contributed by atoms with Gasteiger partial charge in [0.25, 0.3) is 0 Å². The fourth-order valence-corrected chi connectivity index (χ4v) is 4.67. The predicted octanol–water partition coefficient (Wildman–Crippen LogP) is 4.79. The van der Waals surface area contributed by atoms with Crippen LogP contribution in [0.2, 0.25) is 19.6 Å².